The Morgan fingerprint density at radius 2 is 2.31 bits per heavy atom. The molecule has 94 valence electrons. The minimum atomic E-state index is -0.0937. The minimum Gasteiger partial charge on any atom is -0.466 e. The van der Waals surface area contributed by atoms with Crippen molar-refractivity contribution in [3.8, 4) is 0 Å². The molecule has 0 amide bonds. The van der Waals surface area contributed by atoms with E-state index in [1.165, 1.54) is 0 Å². The van der Waals surface area contributed by atoms with Gasteiger partial charge in [0.25, 0.3) is 0 Å². The Labute approximate surface area is 97.9 Å². The molecule has 4 heteroatoms. The summed E-state index contributed by atoms with van der Waals surface area (Å²) in [5.74, 6) is -0.143. The number of carbonyl (C=O) groups excluding carboxylic acids is 1. The summed E-state index contributed by atoms with van der Waals surface area (Å²) in [5, 5.41) is 0. The molecule has 0 aliphatic carbocycles. The second kappa shape index (κ2) is 6.86. The van der Waals surface area contributed by atoms with Crippen LogP contribution >= 0.6 is 0 Å². The van der Waals surface area contributed by atoms with Gasteiger partial charge in [-0.25, -0.2) is 0 Å². The van der Waals surface area contributed by atoms with Crippen LogP contribution in [0.2, 0.25) is 0 Å². The van der Waals surface area contributed by atoms with Gasteiger partial charge in [-0.3, -0.25) is 9.69 Å². The van der Waals surface area contributed by atoms with Gasteiger partial charge in [0.15, 0.2) is 0 Å². The van der Waals surface area contributed by atoms with Crippen LogP contribution in [0, 0.1) is 5.92 Å². The maximum atomic E-state index is 11.5. The van der Waals surface area contributed by atoms with Gasteiger partial charge >= 0.3 is 5.97 Å². The molecule has 16 heavy (non-hydrogen) atoms. The molecule has 0 radical (unpaired) electrons. The van der Waals surface area contributed by atoms with Crippen molar-refractivity contribution in [1.29, 1.82) is 0 Å². The second-order valence-electron chi connectivity index (χ2n) is 4.29. The zero-order valence-corrected chi connectivity index (χ0v) is 10.6. The first-order valence-electron chi connectivity index (χ1n) is 6.17. The van der Waals surface area contributed by atoms with E-state index in [1.807, 2.05) is 13.8 Å². The molecule has 1 heterocycles. The van der Waals surface area contributed by atoms with Crippen molar-refractivity contribution >= 4 is 5.97 Å². The lowest BCUT2D eigenvalue weighted by atomic mass is 10.1. The first-order valence-corrected chi connectivity index (χ1v) is 6.17. The molecular weight excluding hydrogens is 206 g/mol. The molecule has 0 aromatic rings. The Morgan fingerprint density at radius 3 is 2.94 bits per heavy atom. The Kier molecular flexibility index (Phi) is 5.77. The van der Waals surface area contributed by atoms with E-state index in [4.69, 9.17) is 9.47 Å². The van der Waals surface area contributed by atoms with Crippen LogP contribution in [0.5, 0.6) is 0 Å². The Morgan fingerprint density at radius 1 is 1.56 bits per heavy atom. The van der Waals surface area contributed by atoms with Crippen molar-refractivity contribution in [3.63, 3.8) is 0 Å². The Balaban J connectivity index is 2.41. The van der Waals surface area contributed by atoms with Crippen LogP contribution in [0.3, 0.4) is 0 Å². The van der Waals surface area contributed by atoms with Crippen molar-refractivity contribution in [2.75, 3.05) is 32.9 Å². The van der Waals surface area contributed by atoms with Crippen LogP contribution in [0.4, 0.5) is 0 Å². The fraction of sp³-hybridized carbons (Fsp3) is 0.917. The number of nitrogens with zero attached hydrogens (tertiary/aromatic N) is 1. The van der Waals surface area contributed by atoms with Gasteiger partial charge in [-0.1, -0.05) is 13.8 Å². The number of morpholine rings is 1. The van der Waals surface area contributed by atoms with Crippen LogP contribution in [0.15, 0.2) is 0 Å². The molecule has 0 bridgehead atoms. The van der Waals surface area contributed by atoms with Crippen molar-refractivity contribution in [2.24, 2.45) is 5.92 Å². The predicted molar refractivity (Wildman–Crippen MR) is 62.3 cm³/mol. The monoisotopic (exact) mass is 229 g/mol. The average Bonchev–Trinajstić information content (AvgIpc) is 2.30. The molecule has 1 rings (SSSR count). The maximum Gasteiger partial charge on any atom is 0.309 e. The van der Waals surface area contributed by atoms with E-state index in [9.17, 15) is 4.79 Å². The van der Waals surface area contributed by atoms with E-state index >= 15 is 0 Å². The molecule has 0 spiro atoms. The lowest BCUT2D eigenvalue weighted by Gasteiger charge is -2.36. The summed E-state index contributed by atoms with van der Waals surface area (Å²) in [5.41, 5.74) is 0. The third-order valence-corrected chi connectivity index (χ3v) is 3.02. The van der Waals surface area contributed by atoms with Crippen LogP contribution in [0.25, 0.3) is 0 Å². The Bertz CT molecular complexity index is 220. The summed E-state index contributed by atoms with van der Waals surface area (Å²) in [4.78, 5) is 13.9. The highest BCUT2D eigenvalue weighted by atomic mass is 16.5. The predicted octanol–water partition coefficient (Wildman–Crippen LogP) is 1.30. The highest BCUT2D eigenvalue weighted by Gasteiger charge is 2.25. The largest absolute Gasteiger partial charge is 0.466 e. The Hall–Kier alpha value is -0.610. The lowest BCUT2D eigenvalue weighted by Crippen LogP contribution is -2.47. The van der Waals surface area contributed by atoms with Crippen LogP contribution in [-0.2, 0) is 14.3 Å². The highest BCUT2D eigenvalue weighted by Crippen LogP contribution is 2.13. The normalized spacial score (nSPS) is 24.1. The van der Waals surface area contributed by atoms with Gasteiger partial charge in [-0.2, -0.15) is 0 Å². The van der Waals surface area contributed by atoms with Gasteiger partial charge < -0.3 is 9.47 Å². The van der Waals surface area contributed by atoms with Gasteiger partial charge in [0.1, 0.15) is 0 Å². The molecule has 0 N–H and O–H groups in total. The fourth-order valence-electron chi connectivity index (χ4n) is 2.02. The van der Waals surface area contributed by atoms with Gasteiger partial charge in [0.05, 0.1) is 25.7 Å². The summed E-state index contributed by atoms with van der Waals surface area (Å²) >= 11 is 0. The van der Waals surface area contributed by atoms with E-state index in [-0.39, 0.29) is 11.9 Å². The summed E-state index contributed by atoms with van der Waals surface area (Å²) in [6.45, 7) is 9.64. The number of esters is 1. The first kappa shape index (κ1) is 13.5. The van der Waals surface area contributed by atoms with E-state index in [2.05, 4.69) is 11.8 Å². The van der Waals surface area contributed by atoms with E-state index in [0.29, 0.717) is 12.6 Å². The van der Waals surface area contributed by atoms with Crippen LogP contribution in [0.1, 0.15) is 27.2 Å². The third-order valence-electron chi connectivity index (χ3n) is 3.02. The molecule has 1 aliphatic rings. The molecule has 1 saturated heterocycles. The lowest BCUT2D eigenvalue weighted by molar-refractivity contribution is -0.148. The third kappa shape index (κ3) is 3.76. The molecule has 0 aromatic carbocycles. The van der Waals surface area contributed by atoms with Crippen molar-refractivity contribution in [1.82, 2.24) is 4.90 Å². The number of hydrogen-bond acceptors (Lipinski definition) is 4. The topological polar surface area (TPSA) is 38.8 Å². The standard InChI is InChI=1S/C12H23NO3/c1-4-11-9-15-7-6-13(11)8-10(3)12(14)16-5-2/h10-11H,4-9H2,1-3H3. The molecule has 2 unspecified atom stereocenters. The molecule has 1 aliphatic heterocycles. The SMILES string of the molecule is CCOC(=O)C(C)CN1CCOCC1CC. The second-order valence-corrected chi connectivity index (χ2v) is 4.29. The number of ether oxygens (including phenoxy) is 2. The van der Waals surface area contributed by atoms with Crippen molar-refractivity contribution < 1.29 is 14.3 Å². The van der Waals surface area contributed by atoms with E-state index in [0.717, 1.165) is 32.7 Å². The molecule has 1 fully saturated rings. The van der Waals surface area contributed by atoms with Gasteiger partial charge in [-0.05, 0) is 13.3 Å². The average molecular weight is 229 g/mol. The van der Waals surface area contributed by atoms with Crippen LogP contribution < -0.4 is 0 Å². The van der Waals surface area contributed by atoms with Gasteiger partial charge in [0.2, 0.25) is 0 Å². The summed E-state index contributed by atoms with van der Waals surface area (Å²) in [7, 11) is 0. The minimum absolute atomic E-state index is 0.0490. The quantitative estimate of drug-likeness (QED) is 0.666. The summed E-state index contributed by atoms with van der Waals surface area (Å²) in [6.07, 6.45) is 1.07. The van der Waals surface area contributed by atoms with Gasteiger partial charge in [0, 0.05) is 19.1 Å². The fourth-order valence-corrected chi connectivity index (χ4v) is 2.02. The van der Waals surface area contributed by atoms with Crippen molar-refractivity contribution in [2.45, 2.75) is 33.2 Å². The molecule has 2 atom stereocenters. The van der Waals surface area contributed by atoms with Crippen molar-refractivity contribution in [3.05, 3.63) is 0 Å². The molecule has 0 aromatic heterocycles. The smallest absolute Gasteiger partial charge is 0.309 e. The van der Waals surface area contributed by atoms with E-state index in [1.54, 1.807) is 0 Å². The van der Waals surface area contributed by atoms with E-state index < -0.39 is 0 Å². The maximum absolute atomic E-state index is 11.5. The molecular formula is C12H23NO3. The van der Waals surface area contributed by atoms with Crippen LogP contribution in [-0.4, -0.2) is 49.8 Å². The first-order chi connectivity index (χ1) is 7.69. The number of carbonyl (C=O) groups is 1. The van der Waals surface area contributed by atoms with Gasteiger partial charge in [-0.15, -0.1) is 0 Å². The summed E-state index contributed by atoms with van der Waals surface area (Å²) < 4.78 is 10.5. The summed E-state index contributed by atoms with van der Waals surface area (Å²) in [6, 6.07) is 0.450. The molecule has 4 nitrogen and oxygen atoms in total. The number of rotatable bonds is 5. The highest BCUT2D eigenvalue weighted by molar-refractivity contribution is 5.72. The molecule has 0 saturated carbocycles. The zero-order chi connectivity index (χ0) is 12.0. The zero-order valence-electron chi connectivity index (χ0n) is 10.6. The number of hydrogen-bond donors (Lipinski definition) is 0.